The van der Waals surface area contributed by atoms with Crippen molar-refractivity contribution in [3.8, 4) is 28.7 Å². The Kier molecular flexibility index (Phi) is 5.80. The molecule has 0 amide bonds. The van der Waals surface area contributed by atoms with Gasteiger partial charge in [-0.1, -0.05) is 0 Å². The predicted molar refractivity (Wildman–Crippen MR) is 109 cm³/mol. The van der Waals surface area contributed by atoms with E-state index in [1.807, 2.05) is 13.8 Å². The van der Waals surface area contributed by atoms with Crippen LogP contribution in [0, 0.1) is 13.8 Å². The summed E-state index contributed by atoms with van der Waals surface area (Å²) in [7, 11) is 0. The van der Waals surface area contributed by atoms with Gasteiger partial charge in [0.05, 0.1) is 59.6 Å². The molecule has 0 N–H and O–H groups in total. The van der Waals surface area contributed by atoms with E-state index in [1.165, 1.54) is 0 Å². The third-order valence-corrected chi connectivity index (χ3v) is 4.26. The Morgan fingerprint density at radius 1 is 0.700 bits per heavy atom. The van der Waals surface area contributed by atoms with Crippen molar-refractivity contribution in [1.29, 1.82) is 0 Å². The lowest BCUT2D eigenvalue weighted by molar-refractivity contribution is 0.289. The molecule has 0 bridgehead atoms. The van der Waals surface area contributed by atoms with Crippen molar-refractivity contribution in [2.75, 3.05) is 0 Å². The number of rotatable bonds is 6. The molecule has 0 aliphatic carbocycles. The van der Waals surface area contributed by atoms with Gasteiger partial charge in [0.2, 0.25) is 5.88 Å². The SMILES string of the molecule is Cc1cncc(-c2cncc(COc3ncc(C)nc3-c3cncc(CCl)n3)n2)n1. The molecule has 0 aliphatic heterocycles. The third kappa shape index (κ3) is 4.52. The van der Waals surface area contributed by atoms with Gasteiger partial charge in [0, 0.05) is 12.4 Å². The molecular formula is C20H17ClN8O. The van der Waals surface area contributed by atoms with Crippen LogP contribution in [0.4, 0.5) is 0 Å². The number of nitrogens with zero attached hydrogens (tertiary/aromatic N) is 8. The van der Waals surface area contributed by atoms with E-state index in [0.717, 1.165) is 11.4 Å². The Balaban J connectivity index is 1.59. The minimum absolute atomic E-state index is 0.146. The zero-order valence-electron chi connectivity index (χ0n) is 16.3. The Hall–Kier alpha value is -3.59. The second-order valence-corrected chi connectivity index (χ2v) is 6.69. The van der Waals surface area contributed by atoms with Crippen LogP contribution in [-0.4, -0.2) is 39.9 Å². The number of hydrogen-bond acceptors (Lipinski definition) is 9. The van der Waals surface area contributed by atoms with Crippen molar-refractivity contribution in [3.05, 3.63) is 66.2 Å². The minimum Gasteiger partial charge on any atom is -0.470 e. The first-order valence-corrected chi connectivity index (χ1v) is 9.59. The number of ether oxygens (including phenoxy) is 1. The molecule has 0 fully saturated rings. The van der Waals surface area contributed by atoms with E-state index in [4.69, 9.17) is 16.3 Å². The molecule has 0 spiro atoms. The highest BCUT2D eigenvalue weighted by Crippen LogP contribution is 2.25. The highest BCUT2D eigenvalue weighted by molar-refractivity contribution is 6.16. The molecule has 0 atom stereocenters. The van der Waals surface area contributed by atoms with Crippen LogP contribution in [0.1, 0.15) is 22.8 Å². The number of alkyl halides is 1. The fraction of sp³-hybridized carbons (Fsp3) is 0.200. The number of halogens is 1. The number of hydrogen-bond donors (Lipinski definition) is 0. The summed E-state index contributed by atoms with van der Waals surface area (Å²) in [6.45, 7) is 3.86. The van der Waals surface area contributed by atoms with Crippen molar-refractivity contribution in [2.45, 2.75) is 26.3 Å². The smallest absolute Gasteiger partial charge is 0.242 e. The molecule has 0 unspecified atom stereocenters. The number of aromatic nitrogens is 8. The van der Waals surface area contributed by atoms with E-state index in [9.17, 15) is 0 Å². The van der Waals surface area contributed by atoms with Gasteiger partial charge >= 0.3 is 0 Å². The molecule has 0 aromatic carbocycles. The molecule has 0 radical (unpaired) electrons. The van der Waals surface area contributed by atoms with Crippen LogP contribution >= 0.6 is 11.6 Å². The largest absolute Gasteiger partial charge is 0.470 e. The van der Waals surface area contributed by atoms with Crippen LogP contribution in [0.15, 0.2) is 43.4 Å². The number of aryl methyl sites for hydroxylation is 2. The summed E-state index contributed by atoms with van der Waals surface area (Å²) in [5.41, 5.74) is 5.07. The average Bonchev–Trinajstić information content (AvgIpc) is 2.78. The van der Waals surface area contributed by atoms with E-state index < -0.39 is 0 Å². The highest BCUT2D eigenvalue weighted by Gasteiger charge is 2.14. The molecule has 4 rings (SSSR count). The van der Waals surface area contributed by atoms with E-state index >= 15 is 0 Å². The van der Waals surface area contributed by atoms with Gasteiger partial charge in [0.25, 0.3) is 0 Å². The monoisotopic (exact) mass is 420 g/mol. The van der Waals surface area contributed by atoms with Crippen molar-refractivity contribution in [1.82, 2.24) is 39.9 Å². The molecule has 4 heterocycles. The zero-order chi connectivity index (χ0) is 20.9. The van der Waals surface area contributed by atoms with Gasteiger partial charge in [0.1, 0.15) is 23.7 Å². The fourth-order valence-electron chi connectivity index (χ4n) is 2.65. The molecule has 150 valence electrons. The first-order chi connectivity index (χ1) is 14.6. The van der Waals surface area contributed by atoms with Gasteiger partial charge in [0.15, 0.2) is 5.69 Å². The normalized spacial score (nSPS) is 10.8. The van der Waals surface area contributed by atoms with Crippen LogP contribution in [0.3, 0.4) is 0 Å². The molecule has 10 heteroatoms. The third-order valence-electron chi connectivity index (χ3n) is 3.98. The van der Waals surface area contributed by atoms with Gasteiger partial charge in [-0.05, 0) is 13.8 Å². The van der Waals surface area contributed by atoms with Crippen LogP contribution < -0.4 is 4.74 Å². The topological polar surface area (TPSA) is 112 Å². The van der Waals surface area contributed by atoms with E-state index in [-0.39, 0.29) is 12.5 Å². The maximum Gasteiger partial charge on any atom is 0.242 e. The van der Waals surface area contributed by atoms with Crippen LogP contribution in [0.5, 0.6) is 5.88 Å². The highest BCUT2D eigenvalue weighted by atomic mass is 35.5. The second-order valence-electron chi connectivity index (χ2n) is 6.42. The lowest BCUT2D eigenvalue weighted by Gasteiger charge is -2.10. The van der Waals surface area contributed by atoms with Crippen molar-refractivity contribution >= 4 is 11.6 Å². The second kappa shape index (κ2) is 8.83. The van der Waals surface area contributed by atoms with Gasteiger partial charge < -0.3 is 4.74 Å². The van der Waals surface area contributed by atoms with E-state index in [1.54, 1.807) is 43.4 Å². The summed E-state index contributed by atoms with van der Waals surface area (Å²) in [6.07, 6.45) is 11.4. The molecular weight excluding hydrogens is 404 g/mol. The molecule has 0 saturated carbocycles. The lowest BCUT2D eigenvalue weighted by atomic mass is 10.3. The first kappa shape index (κ1) is 19.7. The molecule has 9 nitrogen and oxygen atoms in total. The summed E-state index contributed by atoms with van der Waals surface area (Å²) >= 11 is 5.88. The lowest BCUT2D eigenvalue weighted by Crippen LogP contribution is -2.05. The van der Waals surface area contributed by atoms with E-state index in [2.05, 4.69) is 39.9 Å². The zero-order valence-corrected chi connectivity index (χ0v) is 17.1. The van der Waals surface area contributed by atoms with Gasteiger partial charge in [-0.2, -0.15) is 0 Å². The maximum atomic E-state index is 5.91. The van der Waals surface area contributed by atoms with Crippen molar-refractivity contribution in [2.24, 2.45) is 0 Å². The Morgan fingerprint density at radius 3 is 2.10 bits per heavy atom. The average molecular weight is 421 g/mol. The van der Waals surface area contributed by atoms with Crippen molar-refractivity contribution in [3.63, 3.8) is 0 Å². The summed E-state index contributed by atoms with van der Waals surface area (Å²) in [6, 6.07) is 0. The van der Waals surface area contributed by atoms with E-state index in [0.29, 0.717) is 40.0 Å². The molecule has 0 saturated heterocycles. The molecule has 4 aromatic rings. The maximum absolute atomic E-state index is 5.91. The van der Waals surface area contributed by atoms with Gasteiger partial charge in [-0.25, -0.2) is 24.9 Å². The summed E-state index contributed by atoms with van der Waals surface area (Å²) in [5.74, 6) is 0.574. The van der Waals surface area contributed by atoms with Crippen LogP contribution in [0.2, 0.25) is 0 Å². The standard InChI is InChI=1S/C20H17ClN8O/c1-12-4-22-8-16(26-12)17-9-24-7-15(29-17)11-30-20-19(27-13(2)5-25-20)18-10-23-6-14(3-21)28-18/h4-10H,3,11H2,1-2H3. The van der Waals surface area contributed by atoms with Gasteiger partial charge in [-0.15, -0.1) is 11.6 Å². The molecule has 4 aromatic heterocycles. The molecule has 0 aliphatic rings. The van der Waals surface area contributed by atoms with Crippen LogP contribution in [0.25, 0.3) is 22.8 Å². The van der Waals surface area contributed by atoms with Crippen LogP contribution in [-0.2, 0) is 12.5 Å². The Labute approximate surface area is 177 Å². The van der Waals surface area contributed by atoms with Crippen molar-refractivity contribution < 1.29 is 4.74 Å². The summed E-state index contributed by atoms with van der Waals surface area (Å²) in [4.78, 5) is 34.9. The predicted octanol–water partition coefficient (Wildman–Crippen LogP) is 3.12. The molecule has 30 heavy (non-hydrogen) atoms. The summed E-state index contributed by atoms with van der Waals surface area (Å²) < 4.78 is 5.91. The Bertz CT molecular complexity index is 1190. The summed E-state index contributed by atoms with van der Waals surface area (Å²) in [5, 5.41) is 0. The Morgan fingerprint density at radius 2 is 1.33 bits per heavy atom. The van der Waals surface area contributed by atoms with Gasteiger partial charge in [-0.3, -0.25) is 15.0 Å². The quantitative estimate of drug-likeness (QED) is 0.434. The first-order valence-electron chi connectivity index (χ1n) is 9.06. The fourth-order valence-corrected chi connectivity index (χ4v) is 2.78. The minimum atomic E-state index is 0.146.